The molecular formula is C32H29O3S+. The van der Waals surface area contributed by atoms with Gasteiger partial charge in [0.1, 0.15) is 11.4 Å². The predicted octanol–water partition coefficient (Wildman–Crippen LogP) is 7.12. The molecule has 0 bridgehead atoms. The SMILES string of the molecule is CC(C)(OC(=O)COc1ccc([S+](c2ccccc2)c2ccccc2)cc1)C1=CCc2ccccc21. The first-order valence-corrected chi connectivity index (χ1v) is 13.3. The molecule has 4 heteroatoms. The van der Waals surface area contributed by atoms with Crippen LogP contribution in [0.1, 0.15) is 25.0 Å². The van der Waals surface area contributed by atoms with E-state index in [1.807, 2.05) is 50.2 Å². The summed E-state index contributed by atoms with van der Waals surface area (Å²) in [4.78, 5) is 16.4. The summed E-state index contributed by atoms with van der Waals surface area (Å²) < 4.78 is 11.6. The van der Waals surface area contributed by atoms with E-state index in [-0.39, 0.29) is 23.5 Å². The summed E-state index contributed by atoms with van der Waals surface area (Å²) in [6.07, 6.45) is 3.01. The van der Waals surface area contributed by atoms with E-state index in [4.69, 9.17) is 9.47 Å². The highest BCUT2D eigenvalue weighted by atomic mass is 32.2. The third kappa shape index (κ3) is 5.24. The lowest BCUT2D eigenvalue weighted by atomic mass is 9.92. The number of carbonyl (C=O) groups is 1. The van der Waals surface area contributed by atoms with Crippen LogP contribution in [0, 0.1) is 0 Å². The van der Waals surface area contributed by atoms with Gasteiger partial charge in [-0.15, -0.1) is 0 Å². The lowest BCUT2D eigenvalue weighted by molar-refractivity contribution is -0.154. The van der Waals surface area contributed by atoms with Crippen molar-refractivity contribution < 1.29 is 14.3 Å². The van der Waals surface area contributed by atoms with Crippen molar-refractivity contribution in [3.05, 3.63) is 126 Å². The number of carbonyl (C=O) groups excluding carboxylic acids is 1. The first-order valence-electron chi connectivity index (χ1n) is 12.1. The molecule has 0 N–H and O–H groups in total. The molecule has 0 heterocycles. The number of fused-ring (bicyclic) bond motifs is 1. The number of esters is 1. The average molecular weight is 494 g/mol. The van der Waals surface area contributed by atoms with Crippen LogP contribution >= 0.6 is 0 Å². The van der Waals surface area contributed by atoms with Crippen molar-refractivity contribution in [2.24, 2.45) is 0 Å². The maximum Gasteiger partial charge on any atom is 0.345 e. The molecule has 5 rings (SSSR count). The zero-order chi connectivity index (χ0) is 25.0. The molecule has 36 heavy (non-hydrogen) atoms. The second-order valence-electron chi connectivity index (χ2n) is 9.16. The van der Waals surface area contributed by atoms with E-state index in [1.165, 1.54) is 20.2 Å². The Labute approximate surface area is 215 Å². The number of rotatable bonds is 8. The standard InChI is InChI=1S/C32H29O3S/c1-32(2,30-22-17-24-11-9-10-16-29(24)30)35-31(33)23-34-25-18-20-28(21-19-25)36(26-12-5-3-6-13-26)27-14-7-4-8-15-27/h3-16,18-22H,17,23H2,1-2H3/q+1. The van der Waals surface area contributed by atoms with Crippen LogP contribution in [-0.2, 0) is 26.8 Å². The van der Waals surface area contributed by atoms with Gasteiger partial charge in [0.2, 0.25) is 0 Å². The zero-order valence-corrected chi connectivity index (χ0v) is 21.3. The van der Waals surface area contributed by atoms with Gasteiger partial charge in [-0.2, -0.15) is 0 Å². The van der Waals surface area contributed by atoms with E-state index < -0.39 is 5.60 Å². The summed E-state index contributed by atoms with van der Waals surface area (Å²) in [7, 11) is -0.222. The van der Waals surface area contributed by atoms with E-state index in [9.17, 15) is 4.79 Å². The molecular weight excluding hydrogens is 464 g/mol. The minimum absolute atomic E-state index is 0.138. The Morgan fingerprint density at radius 3 is 1.94 bits per heavy atom. The fourth-order valence-corrected chi connectivity index (χ4v) is 6.64. The molecule has 0 spiro atoms. The summed E-state index contributed by atoms with van der Waals surface area (Å²) in [5, 5.41) is 0. The molecule has 0 saturated carbocycles. The fourth-order valence-electron chi connectivity index (χ4n) is 4.56. The highest BCUT2D eigenvalue weighted by Gasteiger charge is 2.32. The van der Waals surface area contributed by atoms with Crippen molar-refractivity contribution in [3.8, 4) is 5.75 Å². The van der Waals surface area contributed by atoms with Crippen molar-refractivity contribution >= 4 is 22.4 Å². The summed E-state index contributed by atoms with van der Waals surface area (Å²) in [6.45, 7) is 3.73. The van der Waals surface area contributed by atoms with Crippen molar-refractivity contribution in [1.29, 1.82) is 0 Å². The Hall–Kier alpha value is -3.76. The molecule has 0 saturated heterocycles. The Morgan fingerprint density at radius 2 is 1.31 bits per heavy atom. The van der Waals surface area contributed by atoms with E-state index in [1.54, 1.807) is 0 Å². The van der Waals surface area contributed by atoms with Crippen LogP contribution in [0.4, 0.5) is 0 Å². The highest BCUT2D eigenvalue weighted by molar-refractivity contribution is 7.97. The summed E-state index contributed by atoms with van der Waals surface area (Å²) in [5.74, 6) is 0.256. The van der Waals surface area contributed by atoms with Crippen molar-refractivity contribution in [1.82, 2.24) is 0 Å². The van der Waals surface area contributed by atoms with Crippen molar-refractivity contribution in [2.75, 3.05) is 6.61 Å². The van der Waals surface area contributed by atoms with Crippen LogP contribution in [0.3, 0.4) is 0 Å². The van der Waals surface area contributed by atoms with Gasteiger partial charge in [0, 0.05) is 0 Å². The summed E-state index contributed by atoms with van der Waals surface area (Å²) in [5.41, 5.74) is 2.73. The van der Waals surface area contributed by atoms with Gasteiger partial charge in [-0.25, -0.2) is 4.79 Å². The van der Waals surface area contributed by atoms with E-state index in [0.717, 1.165) is 17.6 Å². The molecule has 4 aromatic rings. The maximum absolute atomic E-state index is 12.7. The number of benzene rings is 4. The Kier molecular flexibility index (Phi) is 6.97. The molecule has 1 aliphatic rings. The van der Waals surface area contributed by atoms with E-state index >= 15 is 0 Å². The van der Waals surface area contributed by atoms with Crippen LogP contribution in [0.2, 0.25) is 0 Å². The minimum atomic E-state index is -0.726. The summed E-state index contributed by atoms with van der Waals surface area (Å²) in [6, 6.07) is 37.3. The smallest absolute Gasteiger partial charge is 0.345 e. The van der Waals surface area contributed by atoms with E-state index in [2.05, 4.69) is 78.9 Å². The zero-order valence-electron chi connectivity index (χ0n) is 20.5. The predicted molar refractivity (Wildman–Crippen MR) is 145 cm³/mol. The van der Waals surface area contributed by atoms with Gasteiger partial charge in [0.25, 0.3) is 0 Å². The van der Waals surface area contributed by atoms with Crippen molar-refractivity contribution in [3.63, 3.8) is 0 Å². The molecule has 0 aliphatic heterocycles. The van der Waals surface area contributed by atoms with E-state index in [0.29, 0.717) is 5.75 Å². The van der Waals surface area contributed by atoms with Gasteiger partial charge in [-0.05, 0) is 85.5 Å². The van der Waals surface area contributed by atoms with Gasteiger partial charge < -0.3 is 9.47 Å². The van der Waals surface area contributed by atoms with Crippen LogP contribution in [-0.4, -0.2) is 18.2 Å². The molecule has 3 nitrogen and oxygen atoms in total. The molecule has 180 valence electrons. The summed E-state index contributed by atoms with van der Waals surface area (Å²) >= 11 is 0. The lowest BCUT2D eigenvalue weighted by Gasteiger charge is -2.27. The first-order chi connectivity index (χ1) is 17.5. The quantitative estimate of drug-likeness (QED) is 0.194. The van der Waals surface area contributed by atoms with Crippen LogP contribution < -0.4 is 4.74 Å². The third-order valence-corrected chi connectivity index (χ3v) is 8.46. The minimum Gasteiger partial charge on any atom is -0.482 e. The average Bonchev–Trinajstić information content (AvgIpc) is 3.35. The van der Waals surface area contributed by atoms with Crippen LogP contribution in [0.25, 0.3) is 5.57 Å². The third-order valence-electron chi connectivity index (χ3n) is 6.23. The topological polar surface area (TPSA) is 35.5 Å². The molecule has 0 radical (unpaired) electrons. The molecule has 0 fully saturated rings. The van der Waals surface area contributed by atoms with Gasteiger partial charge in [0.05, 0.1) is 10.9 Å². The van der Waals surface area contributed by atoms with Crippen molar-refractivity contribution in [2.45, 2.75) is 40.6 Å². The normalized spacial score (nSPS) is 12.7. The van der Waals surface area contributed by atoms with Crippen LogP contribution in [0.5, 0.6) is 5.75 Å². The second-order valence-corrected chi connectivity index (χ2v) is 11.2. The lowest BCUT2D eigenvalue weighted by Crippen LogP contribution is -2.31. The Bertz CT molecular complexity index is 1320. The molecule has 0 aromatic heterocycles. The molecule has 1 aliphatic carbocycles. The fraction of sp³-hybridized carbons (Fsp3) is 0.156. The van der Waals surface area contributed by atoms with Gasteiger partial charge in [-0.1, -0.05) is 66.7 Å². The second kappa shape index (κ2) is 10.5. The molecule has 4 aromatic carbocycles. The van der Waals surface area contributed by atoms with Crippen LogP contribution in [0.15, 0.2) is 130 Å². The number of allylic oxidation sites excluding steroid dienone is 1. The first kappa shape index (κ1) is 24.0. The van der Waals surface area contributed by atoms with Gasteiger partial charge in [0.15, 0.2) is 21.3 Å². The number of hydrogen-bond acceptors (Lipinski definition) is 3. The Balaban J connectivity index is 1.25. The molecule has 0 atom stereocenters. The number of ether oxygens (including phenoxy) is 2. The maximum atomic E-state index is 12.7. The van der Waals surface area contributed by atoms with Gasteiger partial charge in [-0.3, -0.25) is 0 Å². The largest absolute Gasteiger partial charge is 0.482 e. The molecule has 0 unspecified atom stereocenters. The monoisotopic (exact) mass is 493 g/mol. The Morgan fingerprint density at radius 1 is 0.750 bits per heavy atom. The number of hydrogen-bond donors (Lipinski definition) is 0. The molecule has 0 amide bonds. The van der Waals surface area contributed by atoms with Gasteiger partial charge >= 0.3 is 5.97 Å². The highest BCUT2D eigenvalue weighted by Crippen LogP contribution is 2.37.